The van der Waals surface area contributed by atoms with Gasteiger partial charge in [0.1, 0.15) is 17.1 Å². The zero-order valence-electron chi connectivity index (χ0n) is 16.7. The number of benzene rings is 1. The second-order valence-corrected chi connectivity index (χ2v) is 7.00. The molecule has 0 saturated heterocycles. The van der Waals surface area contributed by atoms with E-state index in [4.69, 9.17) is 5.73 Å². The Morgan fingerprint density at radius 2 is 1.81 bits per heavy atom. The number of pyridine rings is 1. The second kappa shape index (κ2) is 8.13. The van der Waals surface area contributed by atoms with Crippen molar-refractivity contribution in [3.63, 3.8) is 0 Å². The number of hydrogen-bond acceptors (Lipinski definition) is 6. The first-order valence-electron chi connectivity index (χ1n) is 9.37. The van der Waals surface area contributed by atoms with Crippen LogP contribution in [0.2, 0.25) is 0 Å². The number of hydrogen-bond donors (Lipinski definition) is 1. The number of anilines is 1. The molecule has 0 amide bonds. The van der Waals surface area contributed by atoms with Crippen molar-refractivity contribution in [3.8, 4) is 22.8 Å². The van der Waals surface area contributed by atoms with E-state index in [2.05, 4.69) is 25.3 Å². The van der Waals surface area contributed by atoms with Gasteiger partial charge in [-0.05, 0) is 37.1 Å². The smallest absolute Gasteiger partial charge is 0.280 e. The van der Waals surface area contributed by atoms with Gasteiger partial charge < -0.3 is 5.73 Å². The summed E-state index contributed by atoms with van der Waals surface area (Å²) in [4.78, 5) is 12.3. The lowest BCUT2D eigenvalue weighted by Crippen LogP contribution is -2.05. The molecule has 1 aromatic carbocycles. The van der Waals surface area contributed by atoms with Gasteiger partial charge in [-0.25, -0.2) is 32.8 Å². The van der Waals surface area contributed by atoms with Crippen molar-refractivity contribution in [2.75, 3.05) is 5.73 Å². The first-order chi connectivity index (χ1) is 14.8. The molecule has 3 aromatic heterocycles. The van der Waals surface area contributed by atoms with Gasteiger partial charge in [0.15, 0.2) is 17.5 Å². The molecule has 0 fully saturated rings. The van der Waals surface area contributed by atoms with Crippen LogP contribution in [0.4, 0.5) is 19.0 Å². The van der Waals surface area contributed by atoms with Gasteiger partial charge in [-0.3, -0.25) is 0 Å². The maximum absolute atomic E-state index is 14.7. The minimum atomic E-state index is -2.67. The van der Waals surface area contributed by atoms with Crippen molar-refractivity contribution in [3.05, 3.63) is 70.9 Å². The van der Waals surface area contributed by atoms with Crippen LogP contribution < -0.4 is 5.73 Å². The fourth-order valence-electron chi connectivity index (χ4n) is 3.11. The summed E-state index contributed by atoms with van der Waals surface area (Å²) in [6.45, 7) is 3.96. The molecule has 0 unspecified atom stereocenters. The van der Waals surface area contributed by atoms with E-state index in [1.807, 2.05) is 32.0 Å². The monoisotopic (exact) mass is 425 g/mol. The predicted octanol–water partition coefficient (Wildman–Crippen LogP) is 4.12. The number of aryl methyl sites for hydroxylation is 1. The van der Waals surface area contributed by atoms with Gasteiger partial charge in [0.05, 0.1) is 18.4 Å². The summed E-state index contributed by atoms with van der Waals surface area (Å²) >= 11 is 0. The number of aromatic nitrogens is 6. The molecular weight excluding hydrogens is 407 g/mol. The molecule has 2 N–H and O–H groups in total. The van der Waals surface area contributed by atoms with Crippen molar-refractivity contribution in [2.45, 2.75) is 26.8 Å². The largest absolute Gasteiger partial charge is 0.381 e. The summed E-state index contributed by atoms with van der Waals surface area (Å²) in [7, 11) is 0. The van der Waals surface area contributed by atoms with Crippen LogP contribution in [-0.2, 0) is 6.54 Å². The Balaban J connectivity index is 1.69. The van der Waals surface area contributed by atoms with Gasteiger partial charge in [0, 0.05) is 5.56 Å². The van der Waals surface area contributed by atoms with Crippen LogP contribution in [0, 0.1) is 19.7 Å². The van der Waals surface area contributed by atoms with E-state index in [0.717, 1.165) is 16.7 Å². The predicted molar refractivity (Wildman–Crippen MR) is 109 cm³/mol. The molecule has 31 heavy (non-hydrogen) atoms. The molecule has 0 aliphatic rings. The van der Waals surface area contributed by atoms with Crippen molar-refractivity contribution in [1.82, 2.24) is 29.9 Å². The van der Waals surface area contributed by atoms with Crippen LogP contribution in [0.15, 0.2) is 42.6 Å². The Hall–Kier alpha value is -3.82. The van der Waals surface area contributed by atoms with Gasteiger partial charge in [-0.15, -0.1) is 5.10 Å². The molecule has 7 nitrogen and oxygen atoms in total. The highest BCUT2D eigenvalue weighted by Gasteiger charge is 2.19. The molecule has 0 bridgehead atoms. The van der Waals surface area contributed by atoms with Crippen molar-refractivity contribution in [1.29, 1.82) is 0 Å². The Kier molecular flexibility index (Phi) is 5.37. The Morgan fingerprint density at radius 1 is 1.03 bits per heavy atom. The normalized spacial score (nSPS) is 11.3. The third-order valence-electron chi connectivity index (χ3n) is 4.88. The number of alkyl halides is 2. The Labute approximate surface area is 175 Å². The first kappa shape index (κ1) is 20.5. The van der Waals surface area contributed by atoms with Crippen molar-refractivity contribution < 1.29 is 13.2 Å². The summed E-state index contributed by atoms with van der Waals surface area (Å²) in [6.07, 6.45) is -1.22. The lowest BCUT2D eigenvalue weighted by Gasteiger charge is -2.10. The van der Waals surface area contributed by atoms with Gasteiger partial charge in [0.25, 0.3) is 6.43 Å². The molecule has 3 heterocycles. The Bertz CT molecular complexity index is 1250. The maximum Gasteiger partial charge on any atom is 0.280 e. The lowest BCUT2D eigenvalue weighted by atomic mass is 10.0. The highest BCUT2D eigenvalue weighted by Crippen LogP contribution is 2.28. The number of halogens is 3. The number of rotatable bonds is 5. The van der Waals surface area contributed by atoms with Crippen LogP contribution >= 0.6 is 0 Å². The van der Waals surface area contributed by atoms with Gasteiger partial charge in [-0.1, -0.05) is 29.5 Å². The van der Waals surface area contributed by atoms with E-state index < -0.39 is 12.2 Å². The fraction of sp³-hybridized carbons (Fsp3) is 0.190. The average Bonchev–Trinajstić information content (AvgIpc) is 3.20. The molecule has 0 atom stereocenters. The first-order valence-corrected chi connectivity index (χ1v) is 9.37. The van der Waals surface area contributed by atoms with Gasteiger partial charge in [0.2, 0.25) is 0 Å². The molecule has 0 aliphatic heterocycles. The van der Waals surface area contributed by atoms with E-state index in [1.54, 1.807) is 6.07 Å². The molecule has 0 saturated carbocycles. The third-order valence-corrected chi connectivity index (χ3v) is 4.88. The lowest BCUT2D eigenvalue weighted by molar-refractivity contribution is 0.145. The number of nitrogens with two attached hydrogens (primary N) is 1. The second-order valence-electron chi connectivity index (χ2n) is 7.00. The quantitative estimate of drug-likeness (QED) is 0.517. The summed E-state index contributed by atoms with van der Waals surface area (Å²) in [6, 6.07) is 9.97. The minimum Gasteiger partial charge on any atom is -0.381 e. The maximum atomic E-state index is 14.7. The molecule has 4 rings (SSSR count). The molecule has 0 spiro atoms. The highest BCUT2D eigenvalue weighted by molar-refractivity contribution is 5.67. The zero-order valence-corrected chi connectivity index (χ0v) is 16.7. The van der Waals surface area contributed by atoms with E-state index in [9.17, 15) is 13.2 Å². The molecule has 4 aromatic rings. The molecule has 0 radical (unpaired) electrons. The molecular formula is C21H18F3N7. The molecule has 0 aliphatic carbocycles. The van der Waals surface area contributed by atoms with Crippen molar-refractivity contribution >= 4 is 5.82 Å². The average molecular weight is 425 g/mol. The standard InChI is InChI=1S/C21H18F3N7/c1-11-5-3-7-14(12(11)2)21-27-18(17(22)20(25)28-21)16-10-31(30-29-16)9-13-6-4-8-15(26-13)19(23)24/h3-8,10,19H,9H2,1-2H3,(H2,25,27,28). The molecule has 158 valence electrons. The van der Waals surface area contributed by atoms with Crippen LogP contribution in [0.5, 0.6) is 0 Å². The number of nitrogens with zero attached hydrogens (tertiary/aromatic N) is 6. The highest BCUT2D eigenvalue weighted by atomic mass is 19.3. The van der Waals surface area contributed by atoms with Crippen LogP contribution in [0.25, 0.3) is 22.8 Å². The number of nitrogen functional groups attached to an aromatic ring is 1. The van der Waals surface area contributed by atoms with E-state index in [-0.39, 0.29) is 35.3 Å². The minimum absolute atomic E-state index is 0.0829. The summed E-state index contributed by atoms with van der Waals surface area (Å²) in [5.74, 6) is -0.836. The third kappa shape index (κ3) is 4.09. The summed E-state index contributed by atoms with van der Waals surface area (Å²) in [5.41, 5.74) is 8.61. The fourth-order valence-corrected chi connectivity index (χ4v) is 3.11. The van der Waals surface area contributed by atoms with Crippen LogP contribution in [-0.4, -0.2) is 29.9 Å². The van der Waals surface area contributed by atoms with Crippen LogP contribution in [0.1, 0.15) is 28.9 Å². The van der Waals surface area contributed by atoms with E-state index >= 15 is 0 Å². The topological polar surface area (TPSA) is 95.4 Å². The van der Waals surface area contributed by atoms with E-state index in [1.165, 1.54) is 23.0 Å². The van der Waals surface area contributed by atoms with E-state index in [0.29, 0.717) is 5.69 Å². The van der Waals surface area contributed by atoms with Gasteiger partial charge in [-0.2, -0.15) is 0 Å². The van der Waals surface area contributed by atoms with Gasteiger partial charge >= 0.3 is 0 Å². The zero-order chi connectivity index (χ0) is 22.1. The molecule has 10 heteroatoms. The van der Waals surface area contributed by atoms with Crippen molar-refractivity contribution in [2.24, 2.45) is 0 Å². The summed E-state index contributed by atoms with van der Waals surface area (Å²) in [5, 5.41) is 7.91. The Morgan fingerprint density at radius 3 is 2.58 bits per heavy atom. The SMILES string of the molecule is Cc1cccc(-c2nc(N)c(F)c(-c3cn(Cc4cccc(C(F)F)n4)nn3)n2)c1C. The van der Waals surface area contributed by atoms with Crippen LogP contribution in [0.3, 0.4) is 0 Å². The summed E-state index contributed by atoms with van der Waals surface area (Å²) < 4.78 is 41.8.